The van der Waals surface area contributed by atoms with E-state index in [1.165, 1.54) is 6.26 Å². The molecule has 2 N–H and O–H groups in total. The second-order valence-electron chi connectivity index (χ2n) is 5.90. The van der Waals surface area contributed by atoms with Crippen molar-refractivity contribution in [2.45, 2.75) is 34.1 Å². The average Bonchev–Trinajstić information content (AvgIpc) is 2.68. The third-order valence-corrected chi connectivity index (χ3v) is 2.82. The number of carbonyl (C=O) groups excluding carboxylic acids is 1. The fraction of sp³-hybridized carbons (Fsp3) is 0.571. The molecule has 0 saturated heterocycles. The number of carboxylic acids is 1. The fourth-order valence-corrected chi connectivity index (χ4v) is 1.92. The Hall–Kier alpha value is -1.78. The monoisotopic (exact) mass is 267 g/mol. The van der Waals surface area contributed by atoms with Gasteiger partial charge in [0, 0.05) is 6.54 Å². The largest absolute Gasteiger partial charge is 0.481 e. The van der Waals surface area contributed by atoms with E-state index in [4.69, 9.17) is 9.52 Å². The number of hydrogen-bond donors (Lipinski definition) is 2. The van der Waals surface area contributed by atoms with Crippen LogP contribution in [0.1, 0.15) is 43.3 Å². The molecule has 0 radical (unpaired) electrons. The molecule has 5 heteroatoms. The molecule has 1 unspecified atom stereocenters. The van der Waals surface area contributed by atoms with Gasteiger partial charge in [0.2, 0.25) is 0 Å². The highest BCUT2D eigenvalue weighted by Gasteiger charge is 2.25. The van der Waals surface area contributed by atoms with Crippen molar-refractivity contribution in [1.82, 2.24) is 5.32 Å². The van der Waals surface area contributed by atoms with E-state index in [-0.39, 0.29) is 17.9 Å². The maximum Gasteiger partial charge on any atom is 0.308 e. The number of furan rings is 1. The van der Waals surface area contributed by atoms with Gasteiger partial charge in [0.25, 0.3) is 5.91 Å². The summed E-state index contributed by atoms with van der Waals surface area (Å²) in [6, 6.07) is 1.57. The van der Waals surface area contributed by atoms with E-state index in [0.717, 1.165) is 0 Å². The van der Waals surface area contributed by atoms with E-state index in [0.29, 0.717) is 17.7 Å². The normalized spacial score (nSPS) is 13.1. The summed E-state index contributed by atoms with van der Waals surface area (Å²) >= 11 is 0. The maximum atomic E-state index is 11.9. The molecule has 1 atom stereocenters. The van der Waals surface area contributed by atoms with E-state index >= 15 is 0 Å². The smallest absolute Gasteiger partial charge is 0.308 e. The lowest BCUT2D eigenvalue weighted by Crippen LogP contribution is -2.35. The molecule has 0 aliphatic rings. The van der Waals surface area contributed by atoms with Gasteiger partial charge >= 0.3 is 5.97 Å². The summed E-state index contributed by atoms with van der Waals surface area (Å²) in [5.74, 6) is -1.25. The molecule has 0 aliphatic carbocycles. The Morgan fingerprint density at radius 1 is 1.42 bits per heavy atom. The first kappa shape index (κ1) is 15.3. The second kappa shape index (κ2) is 5.91. The summed E-state index contributed by atoms with van der Waals surface area (Å²) in [4.78, 5) is 23.0. The highest BCUT2D eigenvalue weighted by atomic mass is 16.4. The molecule has 1 amide bonds. The third kappa shape index (κ3) is 4.77. The number of aryl methyl sites for hydroxylation is 1. The van der Waals surface area contributed by atoms with Crippen molar-refractivity contribution in [3.05, 3.63) is 23.7 Å². The number of amides is 1. The summed E-state index contributed by atoms with van der Waals surface area (Å²) in [6.45, 7) is 7.75. The van der Waals surface area contributed by atoms with Gasteiger partial charge in [-0.2, -0.15) is 0 Å². The van der Waals surface area contributed by atoms with Crippen molar-refractivity contribution in [2.24, 2.45) is 11.3 Å². The third-order valence-electron chi connectivity index (χ3n) is 2.82. The van der Waals surface area contributed by atoms with Crippen molar-refractivity contribution in [3.63, 3.8) is 0 Å². The molecule has 1 rings (SSSR count). The standard InChI is InChI=1S/C14H21NO4/c1-9-11(5-6-19-9)12(16)15-8-10(13(17)18)7-14(2,3)4/h5-6,10H,7-8H2,1-4H3,(H,15,16)(H,17,18). The van der Waals surface area contributed by atoms with Crippen molar-refractivity contribution >= 4 is 11.9 Å². The predicted molar refractivity (Wildman–Crippen MR) is 71.0 cm³/mol. The first-order chi connectivity index (χ1) is 8.70. The van der Waals surface area contributed by atoms with E-state index in [9.17, 15) is 9.59 Å². The SMILES string of the molecule is Cc1occc1C(=O)NCC(CC(C)(C)C)C(=O)O. The van der Waals surface area contributed by atoms with Crippen LogP contribution in [0, 0.1) is 18.3 Å². The molecule has 5 nitrogen and oxygen atoms in total. The van der Waals surface area contributed by atoms with Crippen LogP contribution in [-0.2, 0) is 4.79 Å². The lowest BCUT2D eigenvalue weighted by atomic mass is 9.84. The van der Waals surface area contributed by atoms with Gasteiger partial charge in [0.1, 0.15) is 5.76 Å². The van der Waals surface area contributed by atoms with Gasteiger partial charge in [-0.05, 0) is 24.8 Å². The Morgan fingerprint density at radius 2 is 2.05 bits per heavy atom. The van der Waals surface area contributed by atoms with Crippen molar-refractivity contribution in [1.29, 1.82) is 0 Å². The van der Waals surface area contributed by atoms with Crippen LogP contribution >= 0.6 is 0 Å². The second-order valence-corrected chi connectivity index (χ2v) is 5.90. The average molecular weight is 267 g/mol. The van der Waals surface area contributed by atoms with E-state index in [1.54, 1.807) is 13.0 Å². The Bertz CT molecular complexity index is 456. The number of rotatable bonds is 5. The van der Waals surface area contributed by atoms with Crippen LogP contribution in [0.25, 0.3) is 0 Å². The fourth-order valence-electron chi connectivity index (χ4n) is 1.92. The first-order valence-corrected chi connectivity index (χ1v) is 6.26. The van der Waals surface area contributed by atoms with Gasteiger partial charge in [0.05, 0.1) is 17.7 Å². The molecule has 106 valence electrons. The van der Waals surface area contributed by atoms with Crippen LogP contribution in [0.15, 0.2) is 16.7 Å². The van der Waals surface area contributed by atoms with Gasteiger partial charge in [-0.1, -0.05) is 20.8 Å². The number of carboxylic acid groups (broad SMARTS) is 1. The number of carbonyl (C=O) groups is 2. The predicted octanol–water partition coefficient (Wildman–Crippen LogP) is 2.45. The lowest BCUT2D eigenvalue weighted by Gasteiger charge is -2.23. The van der Waals surface area contributed by atoms with Crippen molar-refractivity contribution in [3.8, 4) is 0 Å². The summed E-state index contributed by atoms with van der Waals surface area (Å²) in [5, 5.41) is 11.8. The summed E-state index contributed by atoms with van der Waals surface area (Å²) < 4.78 is 5.04. The van der Waals surface area contributed by atoms with Gasteiger partial charge in [-0.3, -0.25) is 9.59 Å². The van der Waals surface area contributed by atoms with Gasteiger partial charge in [0.15, 0.2) is 0 Å². The highest BCUT2D eigenvalue weighted by Crippen LogP contribution is 2.24. The van der Waals surface area contributed by atoms with E-state index in [2.05, 4.69) is 5.32 Å². The van der Waals surface area contributed by atoms with Crippen LogP contribution in [0.5, 0.6) is 0 Å². The molecule has 0 bridgehead atoms. The number of aliphatic carboxylic acids is 1. The maximum absolute atomic E-state index is 11.9. The van der Waals surface area contributed by atoms with Crippen molar-refractivity contribution in [2.75, 3.05) is 6.54 Å². The van der Waals surface area contributed by atoms with Crippen LogP contribution < -0.4 is 5.32 Å². The molecular weight excluding hydrogens is 246 g/mol. The Labute approximate surface area is 113 Å². The van der Waals surface area contributed by atoms with Crippen molar-refractivity contribution < 1.29 is 19.1 Å². The Morgan fingerprint density at radius 3 is 2.47 bits per heavy atom. The van der Waals surface area contributed by atoms with E-state index < -0.39 is 11.9 Å². The molecule has 0 spiro atoms. The molecule has 19 heavy (non-hydrogen) atoms. The molecule has 0 fully saturated rings. The topological polar surface area (TPSA) is 79.5 Å². The molecule has 0 aliphatic heterocycles. The molecule has 1 aromatic rings. The Kier molecular flexibility index (Phi) is 4.75. The van der Waals surface area contributed by atoms with Crippen LogP contribution in [0.2, 0.25) is 0 Å². The minimum Gasteiger partial charge on any atom is -0.481 e. The summed E-state index contributed by atoms with van der Waals surface area (Å²) in [5.41, 5.74) is 0.346. The van der Waals surface area contributed by atoms with Gasteiger partial charge in [-0.25, -0.2) is 0 Å². The zero-order chi connectivity index (χ0) is 14.6. The Balaban J connectivity index is 2.60. The minimum atomic E-state index is -0.890. The summed E-state index contributed by atoms with van der Waals surface area (Å²) in [7, 11) is 0. The summed E-state index contributed by atoms with van der Waals surface area (Å²) in [6.07, 6.45) is 1.95. The molecule has 1 heterocycles. The molecule has 0 saturated carbocycles. The highest BCUT2D eigenvalue weighted by molar-refractivity contribution is 5.95. The number of nitrogens with one attached hydrogen (secondary N) is 1. The molecular formula is C14H21NO4. The van der Waals surface area contributed by atoms with E-state index in [1.807, 2.05) is 20.8 Å². The molecule has 0 aromatic carbocycles. The number of hydrogen-bond acceptors (Lipinski definition) is 3. The van der Waals surface area contributed by atoms with Crippen LogP contribution in [0.4, 0.5) is 0 Å². The quantitative estimate of drug-likeness (QED) is 0.858. The van der Waals surface area contributed by atoms with Crippen LogP contribution in [0.3, 0.4) is 0 Å². The molecule has 1 aromatic heterocycles. The lowest BCUT2D eigenvalue weighted by molar-refractivity contribution is -0.142. The van der Waals surface area contributed by atoms with Crippen LogP contribution in [-0.4, -0.2) is 23.5 Å². The minimum absolute atomic E-state index is 0.0979. The van der Waals surface area contributed by atoms with Gasteiger partial charge in [-0.15, -0.1) is 0 Å². The zero-order valence-corrected chi connectivity index (χ0v) is 11.8. The van der Waals surface area contributed by atoms with Gasteiger partial charge < -0.3 is 14.8 Å². The zero-order valence-electron chi connectivity index (χ0n) is 11.8. The first-order valence-electron chi connectivity index (χ1n) is 6.26.